The topological polar surface area (TPSA) is 35.4 Å². The monoisotopic (exact) mass is 201 g/mol. The van der Waals surface area contributed by atoms with Gasteiger partial charge in [-0.05, 0) is 46.0 Å². The van der Waals surface area contributed by atoms with Crippen LogP contribution in [0.1, 0.15) is 52.9 Å². The Hall–Kier alpha value is -0.0200. The Morgan fingerprint density at radius 1 is 1.38 bits per heavy atom. The minimum Gasteiger partial charge on any atom is -0.591 e. The van der Waals surface area contributed by atoms with Gasteiger partial charge >= 0.3 is 0 Å². The molecule has 0 aromatic rings. The highest BCUT2D eigenvalue weighted by atomic mass is 32.2. The normalized spacial score (nSPS) is 20.5. The molecule has 1 aliphatic rings. The van der Waals surface area contributed by atoms with Gasteiger partial charge in [0.2, 0.25) is 0 Å². The summed E-state index contributed by atoms with van der Waals surface area (Å²) in [5, 5.41) is 0. The van der Waals surface area contributed by atoms with Gasteiger partial charge < -0.3 is 4.55 Å². The van der Waals surface area contributed by atoms with E-state index < -0.39 is 11.4 Å². The molecule has 1 unspecified atom stereocenters. The van der Waals surface area contributed by atoms with Crippen LogP contribution in [0.2, 0.25) is 0 Å². The van der Waals surface area contributed by atoms with E-state index in [4.69, 9.17) is 0 Å². The van der Waals surface area contributed by atoms with Gasteiger partial charge in [-0.25, -0.2) is 0 Å². The molecule has 0 heterocycles. The largest absolute Gasteiger partial charge is 0.591 e. The van der Waals surface area contributed by atoms with E-state index in [2.05, 4.69) is 11.3 Å². The Balaban J connectivity index is 2.57. The maximum Gasteiger partial charge on any atom is 0.147 e. The fourth-order valence-corrected chi connectivity index (χ4v) is 2.15. The van der Waals surface area contributed by atoms with E-state index in [-0.39, 0.29) is 4.75 Å². The second-order valence-corrected chi connectivity index (χ2v) is 6.01. The van der Waals surface area contributed by atoms with Crippen molar-refractivity contribution in [3.8, 4) is 0 Å². The molecular weight excluding hydrogens is 182 g/mol. The van der Waals surface area contributed by atoms with Gasteiger partial charge in [0.05, 0.1) is 5.71 Å². The molecule has 0 saturated heterocycles. The van der Waals surface area contributed by atoms with Crippen molar-refractivity contribution < 1.29 is 4.55 Å². The summed E-state index contributed by atoms with van der Waals surface area (Å²) in [5.41, 5.74) is 1.17. The molecule has 1 atom stereocenters. The molecule has 0 radical (unpaired) electrons. The second kappa shape index (κ2) is 4.47. The molecule has 0 spiro atoms. The highest BCUT2D eigenvalue weighted by molar-refractivity contribution is 7.91. The Kier molecular flexibility index (Phi) is 3.80. The van der Waals surface area contributed by atoms with E-state index in [9.17, 15) is 4.55 Å². The van der Waals surface area contributed by atoms with Crippen molar-refractivity contribution in [2.45, 2.75) is 57.6 Å². The van der Waals surface area contributed by atoms with Crippen LogP contribution in [0.5, 0.6) is 0 Å². The zero-order valence-electron chi connectivity index (χ0n) is 8.80. The first-order valence-corrected chi connectivity index (χ1v) is 6.15. The summed E-state index contributed by atoms with van der Waals surface area (Å²) in [5.74, 6) is 0. The summed E-state index contributed by atoms with van der Waals surface area (Å²) in [6, 6.07) is 0. The lowest BCUT2D eigenvalue weighted by atomic mass is 10.1. The van der Waals surface area contributed by atoms with E-state index in [0.717, 1.165) is 19.3 Å². The smallest absolute Gasteiger partial charge is 0.147 e. The third-order valence-corrected chi connectivity index (χ3v) is 4.38. The predicted octanol–water partition coefficient (Wildman–Crippen LogP) is 2.85. The Morgan fingerprint density at radius 3 is 2.38 bits per heavy atom. The number of nitrogens with zero attached hydrogens (tertiary/aromatic N) is 1. The molecule has 0 bridgehead atoms. The van der Waals surface area contributed by atoms with Gasteiger partial charge in [-0.2, -0.15) is 0 Å². The van der Waals surface area contributed by atoms with Gasteiger partial charge in [-0.15, -0.1) is 0 Å². The van der Waals surface area contributed by atoms with Gasteiger partial charge in [0.25, 0.3) is 0 Å². The van der Waals surface area contributed by atoms with Gasteiger partial charge in [0.15, 0.2) is 0 Å². The molecule has 1 rings (SSSR count). The summed E-state index contributed by atoms with van der Waals surface area (Å²) >= 11 is -1.03. The Morgan fingerprint density at radius 2 is 1.92 bits per heavy atom. The number of rotatable bonds is 3. The van der Waals surface area contributed by atoms with Crippen molar-refractivity contribution in [3.63, 3.8) is 0 Å². The SMILES string of the molecule is CCC(C)(C)[S+]([O-])N=C1CCCC1. The lowest BCUT2D eigenvalue weighted by molar-refractivity contribution is 0.539. The molecule has 3 heteroatoms. The number of hydrogen-bond acceptors (Lipinski definition) is 2. The van der Waals surface area contributed by atoms with E-state index in [1.807, 2.05) is 13.8 Å². The van der Waals surface area contributed by atoms with Crippen LogP contribution in [0.15, 0.2) is 4.40 Å². The van der Waals surface area contributed by atoms with Crippen LogP contribution in [0.25, 0.3) is 0 Å². The van der Waals surface area contributed by atoms with Crippen molar-refractivity contribution >= 4 is 17.1 Å². The Labute approximate surface area is 84.1 Å². The van der Waals surface area contributed by atoms with Crippen molar-refractivity contribution in [3.05, 3.63) is 0 Å². The Bertz CT molecular complexity index is 193. The molecule has 1 aliphatic carbocycles. The van der Waals surface area contributed by atoms with Gasteiger partial charge in [0, 0.05) is 0 Å². The molecule has 0 aromatic carbocycles. The second-order valence-electron chi connectivity index (χ2n) is 4.23. The molecule has 0 aromatic heterocycles. The van der Waals surface area contributed by atoms with Crippen LogP contribution in [-0.4, -0.2) is 15.0 Å². The number of hydrogen-bond donors (Lipinski definition) is 0. The molecule has 2 nitrogen and oxygen atoms in total. The maximum atomic E-state index is 11.8. The average molecular weight is 201 g/mol. The van der Waals surface area contributed by atoms with Crippen molar-refractivity contribution in [2.75, 3.05) is 0 Å². The van der Waals surface area contributed by atoms with E-state index in [1.54, 1.807) is 0 Å². The van der Waals surface area contributed by atoms with Crippen molar-refractivity contribution in [1.29, 1.82) is 0 Å². The van der Waals surface area contributed by atoms with Crippen LogP contribution < -0.4 is 0 Å². The molecule has 1 fully saturated rings. The molecule has 0 amide bonds. The van der Waals surface area contributed by atoms with Crippen LogP contribution in [0.3, 0.4) is 0 Å². The summed E-state index contributed by atoms with van der Waals surface area (Å²) in [7, 11) is 0. The fourth-order valence-electron chi connectivity index (χ4n) is 1.24. The fraction of sp³-hybridized carbons (Fsp3) is 0.900. The van der Waals surface area contributed by atoms with Crippen LogP contribution in [-0.2, 0) is 11.4 Å². The first-order valence-electron chi connectivity index (χ1n) is 5.04. The van der Waals surface area contributed by atoms with Gasteiger partial charge in [0.1, 0.15) is 16.1 Å². The van der Waals surface area contributed by atoms with E-state index in [1.165, 1.54) is 18.6 Å². The predicted molar refractivity (Wildman–Crippen MR) is 58.4 cm³/mol. The lowest BCUT2D eigenvalue weighted by Gasteiger charge is -2.22. The third-order valence-electron chi connectivity index (χ3n) is 2.72. The summed E-state index contributed by atoms with van der Waals surface area (Å²) in [6.07, 6.45) is 5.48. The van der Waals surface area contributed by atoms with E-state index >= 15 is 0 Å². The third kappa shape index (κ3) is 2.99. The highest BCUT2D eigenvalue weighted by Crippen LogP contribution is 2.24. The minimum atomic E-state index is -1.03. The van der Waals surface area contributed by atoms with E-state index in [0.29, 0.717) is 0 Å². The zero-order chi connectivity index (χ0) is 9.90. The molecule has 0 aliphatic heterocycles. The van der Waals surface area contributed by atoms with Crippen molar-refractivity contribution in [1.82, 2.24) is 0 Å². The summed E-state index contributed by atoms with van der Waals surface area (Å²) in [6.45, 7) is 6.09. The standard InChI is InChI=1S/C10H19NOS/c1-4-10(2,3)13(12)11-9-7-5-6-8-9/h4-8H2,1-3H3. The van der Waals surface area contributed by atoms with Crippen LogP contribution in [0, 0.1) is 0 Å². The molecule has 13 heavy (non-hydrogen) atoms. The summed E-state index contributed by atoms with van der Waals surface area (Å²) < 4.78 is 15.9. The highest BCUT2D eigenvalue weighted by Gasteiger charge is 2.31. The first kappa shape index (κ1) is 11.1. The van der Waals surface area contributed by atoms with Gasteiger partial charge in [-0.3, -0.25) is 0 Å². The van der Waals surface area contributed by atoms with Crippen LogP contribution >= 0.6 is 0 Å². The molecule has 1 saturated carbocycles. The quantitative estimate of drug-likeness (QED) is 0.647. The molecular formula is C10H19NOS. The van der Waals surface area contributed by atoms with Crippen molar-refractivity contribution in [2.24, 2.45) is 4.40 Å². The zero-order valence-corrected chi connectivity index (χ0v) is 9.62. The summed E-state index contributed by atoms with van der Waals surface area (Å²) in [4.78, 5) is 0. The average Bonchev–Trinajstić information content (AvgIpc) is 2.57. The van der Waals surface area contributed by atoms with Crippen LogP contribution in [0.4, 0.5) is 0 Å². The minimum absolute atomic E-state index is 0.157. The molecule has 0 N–H and O–H groups in total. The molecule has 76 valence electrons. The lowest BCUT2D eigenvalue weighted by Crippen LogP contribution is -2.29. The maximum absolute atomic E-state index is 11.8. The first-order chi connectivity index (χ1) is 6.06. The van der Waals surface area contributed by atoms with Gasteiger partial charge in [-0.1, -0.05) is 11.3 Å².